The smallest absolute Gasteiger partial charge is 0.226 e. The fourth-order valence-corrected chi connectivity index (χ4v) is 3.57. The Bertz CT molecular complexity index is 315. The zero-order valence-electron chi connectivity index (χ0n) is 10.6. The van der Waals surface area contributed by atoms with Gasteiger partial charge in [0.25, 0.3) is 0 Å². The average Bonchev–Trinajstić information content (AvgIpc) is 2.40. The first-order valence-corrected chi connectivity index (χ1v) is 7.06. The topological polar surface area (TPSA) is 8.72 Å². The molecule has 17 heavy (non-hydrogen) atoms. The number of rotatable bonds is 2. The molecule has 0 aromatic heterocycles. The van der Waals surface area contributed by atoms with Crippen molar-refractivity contribution < 1.29 is 0 Å². The molecular formula is C15H22N2. The second-order valence-corrected chi connectivity index (χ2v) is 5.78. The molecule has 2 atom stereocenters. The van der Waals surface area contributed by atoms with Crippen LogP contribution in [0, 0.1) is 25.0 Å². The molecule has 0 amide bonds. The van der Waals surface area contributed by atoms with E-state index in [1.807, 2.05) is 0 Å². The van der Waals surface area contributed by atoms with Crippen LogP contribution in [0.1, 0.15) is 57.8 Å². The SMILES string of the molecule is [C-]#[N+]C1CCC(CC2CCCCC2[N+]#[C-])CC1. The maximum Gasteiger partial charge on any atom is 0.226 e. The lowest BCUT2D eigenvalue weighted by atomic mass is 9.75. The van der Waals surface area contributed by atoms with Crippen LogP contribution in [0.2, 0.25) is 0 Å². The van der Waals surface area contributed by atoms with E-state index >= 15 is 0 Å². The van der Waals surface area contributed by atoms with E-state index in [2.05, 4.69) is 9.69 Å². The zero-order chi connectivity index (χ0) is 12.1. The van der Waals surface area contributed by atoms with Crippen LogP contribution in [0.15, 0.2) is 0 Å². The molecule has 2 aliphatic carbocycles. The van der Waals surface area contributed by atoms with E-state index in [9.17, 15) is 0 Å². The van der Waals surface area contributed by atoms with Gasteiger partial charge in [-0.25, -0.2) is 13.1 Å². The maximum atomic E-state index is 7.29. The van der Waals surface area contributed by atoms with Gasteiger partial charge in [0, 0.05) is 25.2 Å². The van der Waals surface area contributed by atoms with E-state index in [0.29, 0.717) is 18.0 Å². The van der Waals surface area contributed by atoms with E-state index in [-0.39, 0.29) is 0 Å². The molecule has 0 bridgehead atoms. The lowest BCUT2D eigenvalue weighted by molar-refractivity contribution is 0.233. The van der Waals surface area contributed by atoms with Crippen molar-refractivity contribution in [3.05, 3.63) is 22.8 Å². The molecule has 2 heteroatoms. The van der Waals surface area contributed by atoms with Crippen LogP contribution in [0.4, 0.5) is 0 Å². The lowest BCUT2D eigenvalue weighted by Gasteiger charge is -2.29. The summed E-state index contributed by atoms with van der Waals surface area (Å²) in [5.41, 5.74) is 0. The van der Waals surface area contributed by atoms with Crippen molar-refractivity contribution in [1.29, 1.82) is 0 Å². The van der Waals surface area contributed by atoms with Crippen LogP contribution in [-0.2, 0) is 0 Å². The normalized spacial score (nSPS) is 38.0. The molecule has 2 unspecified atom stereocenters. The second-order valence-electron chi connectivity index (χ2n) is 5.78. The molecule has 0 aliphatic heterocycles. The summed E-state index contributed by atoms with van der Waals surface area (Å²) in [6, 6.07) is 0.608. The number of nitrogens with zero attached hydrogens (tertiary/aromatic N) is 2. The number of hydrogen-bond donors (Lipinski definition) is 0. The van der Waals surface area contributed by atoms with Gasteiger partial charge in [-0.2, -0.15) is 0 Å². The van der Waals surface area contributed by atoms with Crippen molar-refractivity contribution >= 4 is 0 Å². The van der Waals surface area contributed by atoms with Crippen LogP contribution in [0.5, 0.6) is 0 Å². The molecule has 2 nitrogen and oxygen atoms in total. The minimum absolute atomic E-state index is 0.300. The largest absolute Gasteiger partial charge is 0.314 e. The summed E-state index contributed by atoms with van der Waals surface area (Å²) in [4.78, 5) is 7.49. The van der Waals surface area contributed by atoms with Gasteiger partial charge in [-0.15, -0.1) is 0 Å². The van der Waals surface area contributed by atoms with Crippen LogP contribution in [0.3, 0.4) is 0 Å². The van der Waals surface area contributed by atoms with E-state index in [1.165, 1.54) is 38.5 Å². The van der Waals surface area contributed by atoms with Crippen LogP contribution in [-0.4, -0.2) is 12.1 Å². The van der Waals surface area contributed by atoms with Gasteiger partial charge < -0.3 is 9.69 Å². The summed E-state index contributed by atoms with van der Waals surface area (Å²) < 4.78 is 0. The van der Waals surface area contributed by atoms with Crippen molar-refractivity contribution in [3.63, 3.8) is 0 Å². The maximum absolute atomic E-state index is 7.29. The van der Waals surface area contributed by atoms with Gasteiger partial charge in [-0.3, -0.25) is 0 Å². The Kier molecular flexibility index (Phi) is 4.43. The molecule has 0 spiro atoms. The minimum atomic E-state index is 0.300. The predicted octanol–water partition coefficient (Wildman–Crippen LogP) is 4.33. The predicted molar refractivity (Wildman–Crippen MR) is 69.3 cm³/mol. The Morgan fingerprint density at radius 3 is 2.18 bits per heavy atom. The van der Waals surface area contributed by atoms with Crippen molar-refractivity contribution in [2.24, 2.45) is 11.8 Å². The first-order valence-electron chi connectivity index (χ1n) is 7.06. The fraction of sp³-hybridized carbons (Fsp3) is 0.867. The van der Waals surface area contributed by atoms with Gasteiger partial charge in [-0.1, -0.05) is 6.42 Å². The quantitative estimate of drug-likeness (QED) is 0.624. The Morgan fingerprint density at radius 1 is 0.824 bits per heavy atom. The van der Waals surface area contributed by atoms with Gasteiger partial charge in [0.2, 0.25) is 12.1 Å². The van der Waals surface area contributed by atoms with E-state index in [1.54, 1.807) is 0 Å². The second kappa shape index (κ2) is 6.06. The van der Waals surface area contributed by atoms with E-state index in [4.69, 9.17) is 13.1 Å². The molecule has 2 rings (SSSR count). The highest BCUT2D eigenvalue weighted by Crippen LogP contribution is 2.37. The van der Waals surface area contributed by atoms with Gasteiger partial charge in [0.1, 0.15) is 0 Å². The highest BCUT2D eigenvalue weighted by atomic mass is 14.7. The first kappa shape index (κ1) is 12.4. The monoisotopic (exact) mass is 230 g/mol. The van der Waals surface area contributed by atoms with Crippen molar-refractivity contribution in [3.8, 4) is 0 Å². The molecule has 92 valence electrons. The summed E-state index contributed by atoms with van der Waals surface area (Å²) in [5, 5.41) is 0. The van der Waals surface area contributed by atoms with E-state index < -0.39 is 0 Å². The standard InChI is InChI=1S/C15H22N2/c1-16-14-9-7-12(8-10-14)11-13-5-3-4-6-15(13)17-2/h12-15H,3-11H2. The fourth-order valence-electron chi connectivity index (χ4n) is 3.57. The van der Waals surface area contributed by atoms with Crippen molar-refractivity contribution in [1.82, 2.24) is 0 Å². The third-order valence-corrected chi connectivity index (χ3v) is 4.67. The molecule has 0 saturated heterocycles. The lowest BCUT2D eigenvalue weighted by Crippen LogP contribution is -2.26. The Morgan fingerprint density at radius 2 is 1.53 bits per heavy atom. The molecule has 0 aromatic rings. The van der Waals surface area contributed by atoms with Crippen LogP contribution < -0.4 is 0 Å². The molecule has 0 radical (unpaired) electrons. The van der Waals surface area contributed by atoms with Gasteiger partial charge in [-0.05, 0) is 38.0 Å². The summed E-state index contributed by atoms with van der Waals surface area (Å²) >= 11 is 0. The highest BCUT2D eigenvalue weighted by molar-refractivity contribution is 4.92. The van der Waals surface area contributed by atoms with Gasteiger partial charge >= 0.3 is 0 Å². The summed E-state index contributed by atoms with van der Waals surface area (Å²) in [6.07, 6.45) is 10.9. The van der Waals surface area contributed by atoms with E-state index in [0.717, 1.165) is 25.2 Å². The Balaban J connectivity index is 1.81. The van der Waals surface area contributed by atoms with Gasteiger partial charge in [0.15, 0.2) is 0 Å². The zero-order valence-corrected chi connectivity index (χ0v) is 10.6. The van der Waals surface area contributed by atoms with Crippen LogP contribution in [0.25, 0.3) is 9.69 Å². The Labute approximate surface area is 105 Å². The summed E-state index contributed by atoms with van der Waals surface area (Å²) in [6.45, 7) is 14.4. The summed E-state index contributed by atoms with van der Waals surface area (Å²) in [5.74, 6) is 1.47. The Hall–Kier alpha value is -1.02. The molecule has 0 aromatic carbocycles. The van der Waals surface area contributed by atoms with Crippen molar-refractivity contribution in [2.45, 2.75) is 69.9 Å². The van der Waals surface area contributed by atoms with Crippen LogP contribution >= 0.6 is 0 Å². The number of hydrogen-bond acceptors (Lipinski definition) is 0. The molecule has 2 saturated carbocycles. The minimum Gasteiger partial charge on any atom is -0.314 e. The third-order valence-electron chi connectivity index (χ3n) is 4.67. The third kappa shape index (κ3) is 3.22. The molecule has 2 fully saturated rings. The van der Waals surface area contributed by atoms with Crippen molar-refractivity contribution in [2.75, 3.05) is 0 Å². The molecule has 2 aliphatic rings. The highest BCUT2D eigenvalue weighted by Gasteiger charge is 2.33. The molecule has 0 N–H and O–H groups in total. The first-order chi connectivity index (χ1) is 8.33. The summed E-state index contributed by atoms with van der Waals surface area (Å²) in [7, 11) is 0. The average molecular weight is 230 g/mol. The molecule has 0 heterocycles. The van der Waals surface area contributed by atoms with Gasteiger partial charge in [0.05, 0.1) is 0 Å². The molecular weight excluding hydrogens is 208 g/mol.